The van der Waals surface area contributed by atoms with Gasteiger partial charge in [0, 0.05) is 25.8 Å². The summed E-state index contributed by atoms with van der Waals surface area (Å²) in [6.45, 7) is 5.83. The molecule has 0 spiro atoms. The van der Waals surface area contributed by atoms with Gasteiger partial charge in [-0.3, -0.25) is 4.79 Å². The lowest BCUT2D eigenvalue weighted by Gasteiger charge is -2.30. The van der Waals surface area contributed by atoms with E-state index in [1.165, 1.54) is 0 Å². The molecule has 1 saturated heterocycles. The van der Waals surface area contributed by atoms with Gasteiger partial charge in [-0.1, -0.05) is 6.92 Å². The Morgan fingerprint density at radius 2 is 1.93 bits per heavy atom. The first-order chi connectivity index (χ1) is 7.06. The molecule has 3 nitrogen and oxygen atoms in total. The average Bonchev–Trinajstić information content (AvgIpc) is 2.27. The highest BCUT2D eigenvalue weighted by Gasteiger charge is 2.22. The molecule has 0 aliphatic carbocycles. The number of likely N-dealkylation sites (tertiary alicyclic amines) is 1. The van der Waals surface area contributed by atoms with Gasteiger partial charge in [-0.2, -0.15) is 0 Å². The second-order valence-corrected chi connectivity index (χ2v) is 4.65. The third-order valence-corrected chi connectivity index (χ3v) is 3.53. The van der Waals surface area contributed by atoms with Gasteiger partial charge in [0.1, 0.15) is 0 Å². The van der Waals surface area contributed by atoms with Gasteiger partial charge in [-0.25, -0.2) is 0 Å². The smallest absolute Gasteiger partial charge is 0.261 e. The van der Waals surface area contributed by atoms with Crippen LogP contribution >= 0.6 is 12.6 Å². The Kier molecular flexibility index (Phi) is 4.51. The van der Waals surface area contributed by atoms with Crippen molar-refractivity contribution in [3.63, 3.8) is 0 Å². The molecule has 0 atom stereocenters. The molecule has 1 heterocycles. The van der Waals surface area contributed by atoms with Crippen LogP contribution in [0.25, 0.3) is 0 Å². The molecule has 0 aromatic carbocycles. The highest BCUT2D eigenvalue weighted by molar-refractivity contribution is 7.85. The maximum absolute atomic E-state index is 12.0. The normalized spacial score (nSPS) is 19.9. The van der Waals surface area contributed by atoms with E-state index in [9.17, 15) is 4.79 Å². The van der Waals surface area contributed by atoms with Crippen LogP contribution in [-0.4, -0.2) is 30.9 Å². The zero-order chi connectivity index (χ0) is 11.4. The van der Waals surface area contributed by atoms with Gasteiger partial charge >= 0.3 is 0 Å². The van der Waals surface area contributed by atoms with E-state index < -0.39 is 0 Å². The molecule has 0 saturated carbocycles. The number of hydrogen-bond donors (Lipinski definition) is 2. The average molecular weight is 228 g/mol. The predicted molar refractivity (Wildman–Crippen MR) is 65.7 cm³/mol. The van der Waals surface area contributed by atoms with Crippen molar-refractivity contribution in [3.8, 4) is 0 Å². The molecule has 1 amide bonds. The molecular weight excluding hydrogens is 208 g/mol. The largest absolute Gasteiger partial charge is 0.391 e. The molecule has 0 aromatic rings. The maximum atomic E-state index is 12.0. The van der Waals surface area contributed by atoms with Gasteiger partial charge < -0.3 is 10.2 Å². The predicted octanol–water partition coefficient (Wildman–Crippen LogP) is 1.63. The van der Waals surface area contributed by atoms with Gasteiger partial charge in [0.15, 0.2) is 0 Å². The van der Waals surface area contributed by atoms with E-state index in [1.807, 2.05) is 11.8 Å². The SMILES string of the molecule is CN/C(C)=C(\S)C(=O)N1CCC(C)CC1. The number of nitrogens with one attached hydrogen (secondary N) is 1. The second kappa shape index (κ2) is 5.45. The fourth-order valence-corrected chi connectivity index (χ4v) is 1.89. The molecule has 0 radical (unpaired) electrons. The van der Waals surface area contributed by atoms with Crippen LogP contribution in [0.2, 0.25) is 0 Å². The minimum atomic E-state index is 0.0529. The van der Waals surface area contributed by atoms with Crippen LogP contribution < -0.4 is 5.32 Å². The lowest BCUT2D eigenvalue weighted by molar-refractivity contribution is -0.127. The molecule has 1 aliphatic rings. The molecular formula is C11H20N2OS. The van der Waals surface area contributed by atoms with Crippen LogP contribution in [0.1, 0.15) is 26.7 Å². The summed E-state index contributed by atoms with van der Waals surface area (Å²) >= 11 is 4.26. The molecule has 1 aliphatic heterocycles. The molecule has 1 N–H and O–H groups in total. The lowest BCUT2D eigenvalue weighted by atomic mass is 9.99. The van der Waals surface area contributed by atoms with Crippen molar-refractivity contribution < 1.29 is 4.79 Å². The van der Waals surface area contributed by atoms with Crippen LogP contribution in [0.4, 0.5) is 0 Å². The molecule has 86 valence electrons. The van der Waals surface area contributed by atoms with E-state index in [0.29, 0.717) is 4.91 Å². The fourth-order valence-electron chi connectivity index (χ4n) is 1.64. The van der Waals surface area contributed by atoms with Crippen molar-refractivity contribution in [2.75, 3.05) is 20.1 Å². The van der Waals surface area contributed by atoms with Crippen molar-refractivity contribution in [2.24, 2.45) is 5.92 Å². The minimum absolute atomic E-state index is 0.0529. The Hall–Kier alpha value is -0.640. The van der Waals surface area contributed by atoms with Crippen molar-refractivity contribution in [1.82, 2.24) is 10.2 Å². The first kappa shape index (κ1) is 12.4. The van der Waals surface area contributed by atoms with E-state index in [1.54, 1.807) is 7.05 Å². The number of rotatable bonds is 2. The summed E-state index contributed by atoms with van der Waals surface area (Å²) in [5, 5.41) is 2.95. The van der Waals surface area contributed by atoms with Crippen LogP contribution in [-0.2, 0) is 4.79 Å². The summed E-state index contributed by atoms with van der Waals surface area (Å²) in [6.07, 6.45) is 2.21. The molecule has 15 heavy (non-hydrogen) atoms. The summed E-state index contributed by atoms with van der Waals surface area (Å²) in [4.78, 5) is 14.4. The Balaban J connectivity index is 2.61. The second-order valence-electron chi connectivity index (χ2n) is 4.20. The van der Waals surface area contributed by atoms with Crippen molar-refractivity contribution in [2.45, 2.75) is 26.7 Å². The van der Waals surface area contributed by atoms with Crippen molar-refractivity contribution in [3.05, 3.63) is 10.6 Å². The number of nitrogens with zero attached hydrogens (tertiary/aromatic N) is 1. The Morgan fingerprint density at radius 3 is 2.40 bits per heavy atom. The molecule has 0 unspecified atom stereocenters. The molecule has 1 fully saturated rings. The topological polar surface area (TPSA) is 32.3 Å². The van der Waals surface area contributed by atoms with E-state index >= 15 is 0 Å². The number of allylic oxidation sites excluding steroid dienone is 1. The maximum Gasteiger partial charge on any atom is 0.261 e. The summed E-state index contributed by atoms with van der Waals surface area (Å²) in [7, 11) is 1.80. The third kappa shape index (κ3) is 3.16. The molecule has 0 aromatic heterocycles. The number of hydrogen-bond acceptors (Lipinski definition) is 3. The number of carbonyl (C=O) groups excluding carboxylic acids is 1. The third-order valence-electron chi connectivity index (χ3n) is 3.00. The zero-order valence-electron chi connectivity index (χ0n) is 9.71. The monoisotopic (exact) mass is 228 g/mol. The van der Waals surface area contributed by atoms with Crippen LogP contribution in [0.3, 0.4) is 0 Å². The quantitative estimate of drug-likeness (QED) is 0.556. The van der Waals surface area contributed by atoms with E-state index in [4.69, 9.17) is 0 Å². The number of thiol groups is 1. The van der Waals surface area contributed by atoms with Crippen LogP contribution in [0, 0.1) is 5.92 Å². The first-order valence-electron chi connectivity index (χ1n) is 5.43. The van der Waals surface area contributed by atoms with Crippen molar-refractivity contribution in [1.29, 1.82) is 0 Å². The molecule has 1 rings (SSSR count). The zero-order valence-corrected chi connectivity index (χ0v) is 10.6. The summed E-state index contributed by atoms with van der Waals surface area (Å²) in [6, 6.07) is 0. The number of piperidine rings is 1. The molecule has 0 bridgehead atoms. The Labute approximate surface area is 97.3 Å². The van der Waals surface area contributed by atoms with E-state index in [2.05, 4.69) is 24.9 Å². The van der Waals surface area contributed by atoms with E-state index in [-0.39, 0.29) is 5.91 Å². The van der Waals surface area contributed by atoms with E-state index in [0.717, 1.165) is 37.5 Å². The standard InChI is InChI=1S/C11H20N2OS/c1-8-4-6-13(7-5-8)11(14)10(15)9(2)12-3/h8,12,15H,4-7H2,1-3H3/b10-9-. The minimum Gasteiger partial charge on any atom is -0.391 e. The van der Waals surface area contributed by atoms with Crippen LogP contribution in [0.5, 0.6) is 0 Å². The lowest BCUT2D eigenvalue weighted by Crippen LogP contribution is -2.38. The van der Waals surface area contributed by atoms with Gasteiger partial charge in [0.25, 0.3) is 5.91 Å². The number of carbonyl (C=O) groups is 1. The first-order valence-corrected chi connectivity index (χ1v) is 5.87. The summed E-state index contributed by atoms with van der Waals surface area (Å²) < 4.78 is 0. The Morgan fingerprint density at radius 1 is 1.40 bits per heavy atom. The summed E-state index contributed by atoms with van der Waals surface area (Å²) in [5.41, 5.74) is 0.835. The van der Waals surface area contributed by atoms with Crippen LogP contribution in [0.15, 0.2) is 10.6 Å². The highest BCUT2D eigenvalue weighted by atomic mass is 32.1. The molecule has 4 heteroatoms. The van der Waals surface area contributed by atoms with Crippen molar-refractivity contribution >= 4 is 18.5 Å². The summed E-state index contributed by atoms with van der Waals surface area (Å²) in [5.74, 6) is 0.795. The van der Waals surface area contributed by atoms with Gasteiger partial charge in [0.2, 0.25) is 0 Å². The fraction of sp³-hybridized carbons (Fsp3) is 0.727. The number of amides is 1. The van der Waals surface area contributed by atoms with Gasteiger partial charge in [-0.05, 0) is 25.7 Å². The van der Waals surface area contributed by atoms with Gasteiger partial charge in [0.05, 0.1) is 4.91 Å². The highest BCUT2D eigenvalue weighted by Crippen LogP contribution is 2.19. The Bertz CT molecular complexity index is 268. The van der Waals surface area contributed by atoms with Gasteiger partial charge in [-0.15, -0.1) is 12.6 Å².